The lowest BCUT2D eigenvalue weighted by Crippen LogP contribution is -2.45. The fourth-order valence-corrected chi connectivity index (χ4v) is 3.19. The largest absolute Gasteiger partial charge is 0.341 e. The SMILES string of the molecule is C[C@@]1(c2ccccc2)NC(=O)N(CC(=O)N2CCCCC2)C1=O. The highest BCUT2D eigenvalue weighted by molar-refractivity contribution is 6.09. The molecular formula is C17H21N3O3. The van der Waals surface area contributed by atoms with E-state index in [-0.39, 0.29) is 18.4 Å². The van der Waals surface area contributed by atoms with Crippen LogP contribution >= 0.6 is 0 Å². The molecule has 0 spiro atoms. The fraction of sp³-hybridized carbons (Fsp3) is 0.471. The van der Waals surface area contributed by atoms with Crippen LogP contribution in [-0.2, 0) is 15.1 Å². The molecule has 0 saturated carbocycles. The Labute approximate surface area is 135 Å². The third kappa shape index (κ3) is 2.81. The van der Waals surface area contributed by atoms with E-state index in [1.165, 1.54) is 0 Å². The van der Waals surface area contributed by atoms with E-state index in [1.54, 1.807) is 24.0 Å². The number of rotatable bonds is 3. The van der Waals surface area contributed by atoms with Crippen LogP contribution in [0.1, 0.15) is 31.7 Å². The molecule has 6 heteroatoms. The molecule has 2 heterocycles. The maximum atomic E-state index is 12.7. The van der Waals surface area contributed by atoms with E-state index in [0.717, 1.165) is 24.2 Å². The van der Waals surface area contributed by atoms with Gasteiger partial charge in [-0.15, -0.1) is 0 Å². The van der Waals surface area contributed by atoms with E-state index in [0.29, 0.717) is 18.7 Å². The van der Waals surface area contributed by atoms with Gasteiger partial charge >= 0.3 is 6.03 Å². The van der Waals surface area contributed by atoms with Crippen molar-refractivity contribution in [3.63, 3.8) is 0 Å². The van der Waals surface area contributed by atoms with Crippen LogP contribution in [0.2, 0.25) is 0 Å². The highest BCUT2D eigenvalue weighted by Gasteiger charge is 2.49. The molecule has 0 aliphatic carbocycles. The van der Waals surface area contributed by atoms with Crippen molar-refractivity contribution in [2.75, 3.05) is 19.6 Å². The van der Waals surface area contributed by atoms with Gasteiger partial charge in [-0.3, -0.25) is 14.5 Å². The molecule has 2 aliphatic rings. The van der Waals surface area contributed by atoms with E-state index >= 15 is 0 Å². The summed E-state index contributed by atoms with van der Waals surface area (Å²) in [6.07, 6.45) is 3.08. The van der Waals surface area contributed by atoms with Crippen LogP contribution in [0.3, 0.4) is 0 Å². The van der Waals surface area contributed by atoms with Gasteiger partial charge in [0.25, 0.3) is 5.91 Å². The molecule has 4 amide bonds. The van der Waals surface area contributed by atoms with E-state index in [2.05, 4.69) is 5.32 Å². The van der Waals surface area contributed by atoms with Gasteiger partial charge in [-0.25, -0.2) is 4.79 Å². The van der Waals surface area contributed by atoms with Crippen molar-refractivity contribution >= 4 is 17.8 Å². The van der Waals surface area contributed by atoms with Crippen molar-refractivity contribution in [1.82, 2.24) is 15.1 Å². The summed E-state index contributed by atoms with van der Waals surface area (Å²) in [5, 5.41) is 2.72. The van der Waals surface area contributed by atoms with Crippen molar-refractivity contribution in [2.24, 2.45) is 0 Å². The summed E-state index contributed by atoms with van der Waals surface area (Å²) in [5.74, 6) is -0.537. The Morgan fingerprint density at radius 1 is 1.13 bits per heavy atom. The Hall–Kier alpha value is -2.37. The molecule has 1 N–H and O–H groups in total. The Kier molecular flexibility index (Phi) is 4.07. The van der Waals surface area contributed by atoms with Crippen LogP contribution in [0.4, 0.5) is 4.79 Å². The van der Waals surface area contributed by atoms with Gasteiger partial charge in [0.15, 0.2) is 0 Å². The number of carbonyl (C=O) groups is 3. The number of nitrogens with zero attached hydrogens (tertiary/aromatic N) is 2. The summed E-state index contributed by atoms with van der Waals surface area (Å²) in [5.41, 5.74) is -0.396. The lowest BCUT2D eigenvalue weighted by molar-refractivity contribution is -0.139. The first-order valence-electron chi connectivity index (χ1n) is 8.00. The summed E-state index contributed by atoms with van der Waals surface area (Å²) in [4.78, 5) is 40.1. The number of piperidine rings is 1. The number of likely N-dealkylation sites (tertiary alicyclic amines) is 1. The molecule has 6 nitrogen and oxygen atoms in total. The van der Waals surface area contributed by atoms with Gasteiger partial charge in [-0.2, -0.15) is 0 Å². The molecule has 2 aliphatic heterocycles. The molecule has 3 rings (SSSR count). The van der Waals surface area contributed by atoms with Crippen LogP contribution in [0.25, 0.3) is 0 Å². The average molecular weight is 315 g/mol. The van der Waals surface area contributed by atoms with Crippen molar-refractivity contribution in [2.45, 2.75) is 31.7 Å². The minimum absolute atomic E-state index is 0.162. The van der Waals surface area contributed by atoms with Crippen molar-refractivity contribution in [1.29, 1.82) is 0 Å². The normalized spacial score (nSPS) is 24.7. The van der Waals surface area contributed by atoms with E-state index in [9.17, 15) is 14.4 Å². The summed E-state index contributed by atoms with van der Waals surface area (Å²) >= 11 is 0. The van der Waals surface area contributed by atoms with Gasteiger partial charge < -0.3 is 10.2 Å². The van der Waals surface area contributed by atoms with Gasteiger partial charge in [0.2, 0.25) is 5.91 Å². The second-order valence-electron chi connectivity index (χ2n) is 6.25. The monoisotopic (exact) mass is 315 g/mol. The standard InChI is InChI=1S/C17H21N3O3/c1-17(13-8-4-2-5-9-13)15(22)20(16(23)18-17)12-14(21)19-10-6-3-7-11-19/h2,4-5,8-9H,3,6-7,10-12H2,1H3,(H,18,23)/t17-/m0/s1. The number of imide groups is 1. The molecule has 0 radical (unpaired) electrons. The van der Waals surface area contributed by atoms with Crippen LogP contribution in [0.15, 0.2) is 30.3 Å². The summed E-state index contributed by atoms with van der Waals surface area (Å²) in [7, 11) is 0. The molecule has 23 heavy (non-hydrogen) atoms. The van der Waals surface area contributed by atoms with Gasteiger partial charge in [0.1, 0.15) is 12.1 Å². The average Bonchev–Trinajstić information content (AvgIpc) is 2.81. The smallest absolute Gasteiger partial charge is 0.325 e. The minimum atomic E-state index is -1.11. The molecule has 1 aromatic rings. The number of amides is 4. The predicted molar refractivity (Wildman–Crippen MR) is 84.5 cm³/mol. The number of urea groups is 1. The first-order valence-corrected chi connectivity index (χ1v) is 8.00. The van der Waals surface area contributed by atoms with Crippen molar-refractivity contribution in [3.05, 3.63) is 35.9 Å². The highest BCUT2D eigenvalue weighted by atomic mass is 16.2. The van der Waals surface area contributed by atoms with E-state index < -0.39 is 11.6 Å². The maximum absolute atomic E-state index is 12.7. The topological polar surface area (TPSA) is 69.7 Å². The third-order valence-corrected chi connectivity index (χ3v) is 4.63. The van der Waals surface area contributed by atoms with E-state index in [4.69, 9.17) is 0 Å². The maximum Gasteiger partial charge on any atom is 0.325 e. The molecule has 0 bridgehead atoms. The van der Waals surface area contributed by atoms with Crippen molar-refractivity contribution < 1.29 is 14.4 Å². The first-order chi connectivity index (χ1) is 11.0. The molecule has 2 fully saturated rings. The minimum Gasteiger partial charge on any atom is -0.341 e. The van der Waals surface area contributed by atoms with Crippen LogP contribution in [0, 0.1) is 0 Å². The van der Waals surface area contributed by atoms with Gasteiger partial charge in [0, 0.05) is 13.1 Å². The third-order valence-electron chi connectivity index (χ3n) is 4.63. The Morgan fingerprint density at radius 2 is 1.78 bits per heavy atom. The number of hydrogen-bond donors (Lipinski definition) is 1. The second kappa shape index (κ2) is 6.02. The first kappa shape index (κ1) is 15.5. The quantitative estimate of drug-likeness (QED) is 0.859. The molecule has 1 atom stereocenters. The number of carbonyl (C=O) groups excluding carboxylic acids is 3. The van der Waals surface area contributed by atoms with E-state index in [1.807, 2.05) is 18.2 Å². The summed E-state index contributed by atoms with van der Waals surface area (Å²) < 4.78 is 0. The van der Waals surface area contributed by atoms with Crippen molar-refractivity contribution in [3.8, 4) is 0 Å². The zero-order valence-corrected chi connectivity index (χ0v) is 13.2. The summed E-state index contributed by atoms with van der Waals surface area (Å²) in [6.45, 7) is 2.90. The van der Waals surface area contributed by atoms with Crippen LogP contribution in [-0.4, -0.2) is 47.3 Å². The number of hydrogen-bond acceptors (Lipinski definition) is 3. The van der Waals surface area contributed by atoms with Gasteiger partial charge in [0.05, 0.1) is 0 Å². The molecule has 122 valence electrons. The summed E-state index contributed by atoms with van der Waals surface area (Å²) in [6, 6.07) is 8.59. The Bertz CT molecular complexity index is 625. The highest BCUT2D eigenvalue weighted by Crippen LogP contribution is 2.28. The van der Waals surface area contributed by atoms with Gasteiger partial charge in [-0.05, 0) is 31.7 Å². The van der Waals surface area contributed by atoms with Gasteiger partial charge in [-0.1, -0.05) is 30.3 Å². The number of benzene rings is 1. The lowest BCUT2D eigenvalue weighted by Gasteiger charge is -2.28. The fourth-order valence-electron chi connectivity index (χ4n) is 3.19. The molecular weight excluding hydrogens is 294 g/mol. The molecule has 1 aromatic carbocycles. The molecule has 0 unspecified atom stereocenters. The lowest BCUT2D eigenvalue weighted by atomic mass is 9.92. The second-order valence-corrected chi connectivity index (χ2v) is 6.25. The predicted octanol–water partition coefficient (Wildman–Crippen LogP) is 1.47. The zero-order valence-electron chi connectivity index (χ0n) is 13.2. The Balaban J connectivity index is 1.75. The van der Waals surface area contributed by atoms with Crippen LogP contribution < -0.4 is 5.32 Å². The molecule has 2 saturated heterocycles. The number of nitrogens with one attached hydrogen (secondary N) is 1. The molecule has 0 aromatic heterocycles. The zero-order chi connectivity index (χ0) is 16.4. The van der Waals surface area contributed by atoms with Crippen LogP contribution in [0.5, 0.6) is 0 Å². The Morgan fingerprint density at radius 3 is 2.43 bits per heavy atom.